The fraction of sp³-hybridized carbons (Fsp3) is 1.00. The second kappa shape index (κ2) is 15.8. The molecule has 0 amide bonds. The minimum atomic E-state index is -4.08. The molecule has 27 heavy (non-hydrogen) atoms. The Kier molecular flexibility index (Phi) is 14.6. The van der Waals surface area contributed by atoms with Crippen LogP contribution in [0.4, 0.5) is 0 Å². The molecule has 1 aliphatic heterocycles. The first-order chi connectivity index (χ1) is 13.0. The minimum absolute atomic E-state index is 0.0577. The van der Waals surface area contributed by atoms with Crippen molar-refractivity contribution < 1.29 is 43.3 Å². The summed E-state index contributed by atoms with van der Waals surface area (Å²) >= 11 is 0. The summed E-state index contributed by atoms with van der Waals surface area (Å²) in [5, 5.41) is 12.1. The summed E-state index contributed by atoms with van der Waals surface area (Å²) in [5.74, 6) is 0.816. The Morgan fingerprint density at radius 2 is 1.56 bits per heavy atom. The summed E-state index contributed by atoms with van der Waals surface area (Å²) in [7, 11) is -4.08. The predicted octanol–water partition coefficient (Wildman–Crippen LogP) is 5.76. The van der Waals surface area contributed by atoms with Crippen LogP contribution in [0.15, 0.2) is 0 Å². The van der Waals surface area contributed by atoms with E-state index >= 15 is 0 Å². The standard InChI is InChI=1S/C17H35O9P/c1-16(2)13-11-9-7-5-4-6-8-10-12-14-19-25-27(18)21-17(3)15-20-22-23-24-26-27/h16-17H,4-15H2,1-3H3. The molecule has 9 nitrogen and oxygen atoms in total. The Balaban J connectivity index is 1.94. The number of unbranched alkanes of at least 4 members (excludes halogenated alkanes) is 8. The molecule has 0 saturated carbocycles. The van der Waals surface area contributed by atoms with Crippen molar-refractivity contribution in [3.05, 3.63) is 0 Å². The van der Waals surface area contributed by atoms with E-state index in [0.717, 1.165) is 25.2 Å². The van der Waals surface area contributed by atoms with Gasteiger partial charge in [-0.25, -0.2) is 14.3 Å². The normalized spacial score (nSPS) is 24.5. The molecule has 0 aromatic heterocycles. The first kappa shape index (κ1) is 24.9. The van der Waals surface area contributed by atoms with Crippen LogP contribution in [0, 0.1) is 5.92 Å². The van der Waals surface area contributed by atoms with Gasteiger partial charge in [0, 0.05) is 0 Å². The third-order valence-electron chi connectivity index (χ3n) is 3.99. The van der Waals surface area contributed by atoms with Gasteiger partial charge in [-0.15, -0.1) is 4.67 Å². The maximum Gasteiger partial charge on any atom is 0.532 e. The molecule has 0 radical (unpaired) electrons. The van der Waals surface area contributed by atoms with Crippen molar-refractivity contribution in [2.75, 3.05) is 13.2 Å². The highest BCUT2D eigenvalue weighted by atomic mass is 31.2. The fourth-order valence-corrected chi connectivity index (χ4v) is 3.46. The molecule has 1 fully saturated rings. The molecule has 0 bridgehead atoms. The summed E-state index contributed by atoms with van der Waals surface area (Å²) in [6.07, 6.45) is 11.5. The van der Waals surface area contributed by atoms with Crippen LogP contribution in [0.2, 0.25) is 0 Å². The molecule has 1 aliphatic rings. The molecule has 0 aromatic rings. The molecule has 10 heteroatoms. The van der Waals surface area contributed by atoms with Crippen molar-refractivity contribution in [2.45, 2.75) is 91.1 Å². The molecule has 1 saturated heterocycles. The zero-order valence-corrected chi connectivity index (χ0v) is 17.7. The largest absolute Gasteiger partial charge is 0.532 e. The summed E-state index contributed by atoms with van der Waals surface area (Å²) in [4.78, 5) is 9.44. The fourth-order valence-electron chi connectivity index (χ4n) is 2.56. The number of hydrogen-bond acceptors (Lipinski definition) is 9. The highest BCUT2D eigenvalue weighted by Gasteiger charge is 2.35. The van der Waals surface area contributed by atoms with Gasteiger partial charge >= 0.3 is 7.82 Å². The minimum Gasteiger partial charge on any atom is -0.278 e. The number of phosphoric acid groups is 1. The smallest absolute Gasteiger partial charge is 0.278 e. The first-order valence-electron chi connectivity index (χ1n) is 9.93. The third kappa shape index (κ3) is 14.5. The highest BCUT2D eigenvalue weighted by Crippen LogP contribution is 2.51. The molecule has 162 valence electrons. The van der Waals surface area contributed by atoms with Gasteiger partial charge in [0.25, 0.3) is 0 Å². The van der Waals surface area contributed by atoms with Gasteiger partial charge in [-0.1, -0.05) is 76.3 Å². The third-order valence-corrected chi connectivity index (χ3v) is 5.14. The van der Waals surface area contributed by atoms with Crippen LogP contribution >= 0.6 is 7.82 Å². The Labute approximate surface area is 162 Å². The molecule has 1 heterocycles. The van der Waals surface area contributed by atoms with E-state index in [2.05, 4.69) is 38.5 Å². The van der Waals surface area contributed by atoms with Gasteiger partial charge in [0.15, 0.2) is 0 Å². The van der Waals surface area contributed by atoms with Crippen molar-refractivity contribution in [3.8, 4) is 0 Å². The Bertz CT molecular complexity index is 395. The van der Waals surface area contributed by atoms with Crippen LogP contribution in [-0.2, 0) is 43.3 Å². The molecule has 0 aliphatic carbocycles. The number of hydrogen-bond donors (Lipinski definition) is 0. The van der Waals surface area contributed by atoms with E-state index in [4.69, 9.17) is 14.1 Å². The molecule has 2 unspecified atom stereocenters. The van der Waals surface area contributed by atoms with E-state index in [0.29, 0.717) is 0 Å². The maximum absolute atomic E-state index is 12.2. The van der Waals surface area contributed by atoms with Gasteiger partial charge in [-0.05, 0) is 34.4 Å². The first-order valence-corrected chi connectivity index (χ1v) is 11.4. The van der Waals surface area contributed by atoms with E-state index in [1.807, 2.05) is 0 Å². The predicted molar refractivity (Wildman–Crippen MR) is 96.5 cm³/mol. The Morgan fingerprint density at radius 1 is 0.926 bits per heavy atom. The van der Waals surface area contributed by atoms with Crippen LogP contribution in [0.1, 0.15) is 85.0 Å². The van der Waals surface area contributed by atoms with Crippen molar-refractivity contribution in [1.82, 2.24) is 0 Å². The van der Waals surface area contributed by atoms with Crippen LogP contribution < -0.4 is 0 Å². The van der Waals surface area contributed by atoms with Crippen LogP contribution in [0.5, 0.6) is 0 Å². The lowest BCUT2D eigenvalue weighted by Crippen LogP contribution is -2.15. The lowest BCUT2D eigenvalue weighted by molar-refractivity contribution is -0.692. The topological polar surface area (TPSA) is 90.9 Å². The molecular weight excluding hydrogens is 379 g/mol. The second-order valence-corrected chi connectivity index (χ2v) is 8.59. The van der Waals surface area contributed by atoms with Crippen molar-refractivity contribution in [2.24, 2.45) is 5.92 Å². The Morgan fingerprint density at radius 3 is 2.22 bits per heavy atom. The van der Waals surface area contributed by atoms with Gasteiger partial charge in [-0.3, -0.25) is 4.52 Å². The average Bonchev–Trinajstić information content (AvgIpc) is 2.69. The molecule has 2 atom stereocenters. The maximum atomic E-state index is 12.2. The monoisotopic (exact) mass is 414 g/mol. The van der Waals surface area contributed by atoms with E-state index in [-0.39, 0.29) is 13.2 Å². The average molecular weight is 414 g/mol. The van der Waals surface area contributed by atoms with Crippen LogP contribution in [-0.4, -0.2) is 19.3 Å². The van der Waals surface area contributed by atoms with Gasteiger partial charge in [0.2, 0.25) is 0 Å². The summed E-state index contributed by atoms with van der Waals surface area (Å²) in [5.41, 5.74) is 0. The van der Waals surface area contributed by atoms with Crippen LogP contribution in [0.25, 0.3) is 0 Å². The molecule has 1 rings (SSSR count). The molecule has 0 aromatic carbocycles. The summed E-state index contributed by atoms with van der Waals surface area (Å²) < 4.78 is 26.3. The van der Waals surface area contributed by atoms with E-state index in [1.54, 1.807) is 6.92 Å². The SMILES string of the molecule is CC(C)CCCCCCCCCCCOOP1(=O)OOOOOCC(C)O1. The van der Waals surface area contributed by atoms with Gasteiger partial charge in [0.05, 0.1) is 12.7 Å². The van der Waals surface area contributed by atoms with Gasteiger partial charge in [0.1, 0.15) is 6.61 Å². The van der Waals surface area contributed by atoms with Crippen molar-refractivity contribution >= 4 is 7.82 Å². The van der Waals surface area contributed by atoms with Gasteiger partial charge in [-0.2, -0.15) is 0 Å². The van der Waals surface area contributed by atoms with Crippen molar-refractivity contribution in [3.63, 3.8) is 0 Å². The lowest BCUT2D eigenvalue weighted by atomic mass is 10.0. The molecule has 0 N–H and O–H groups in total. The molecule has 0 spiro atoms. The zero-order chi connectivity index (χ0) is 19.8. The quantitative estimate of drug-likeness (QED) is 0.152. The van der Waals surface area contributed by atoms with E-state index < -0.39 is 13.9 Å². The number of rotatable bonds is 14. The summed E-state index contributed by atoms with van der Waals surface area (Å²) in [6, 6.07) is 0. The second-order valence-electron chi connectivity index (χ2n) is 7.19. The van der Waals surface area contributed by atoms with Crippen molar-refractivity contribution in [1.29, 1.82) is 0 Å². The van der Waals surface area contributed by atoms with Crippen LogP contribution in [0.3, 0.4) is 0 Å². The zero-order valence-electron chi connectivity index (χ0n) is 16.8. The lowest BCUT2D eigenvalue weighted by Gasteiger charge is -2.16. The van der Waals surface area contributed by atoms with Gasteiger partial charge < -0.3 is 0 Å². The van der Waals surface area contributed by atoms with E-state index in [9.17, 15) is 4.57 Å². The molecular formula is C17H35O9P. The summed E-state index contributed by atoms with van der Waals surface area (Å²) in [6.45, 7) is 6.35. The Hall–Kier alpha value is -0.0900. The highest BCUT2D eigenvalue weighted by molar-refractivity contribution is 7.48. The van der Waals surface area contributed by atoms with E-state index in [1.165, 1.54) is 44.9 Å².